The number of piperazine rings is 1. The number of anilines is 1. The molecule has 0 radical (unpaired) electrons. The molecule has 2 aromatic carbocycles. The number of hydrogen-bond donors (Lipinski definition) is 1. The molecule has 6 rings (SSSR count). The van der Waals surface area contributed by atoms with Crippen LogP contribution >= 0.6 is 0 Å². The van der Waals surface area contributed by atoms with Gasteiger partial charge in [-0.15, -0.1) is 0 Å². The van der Waals surface area contributed by atoms with Crippen molar-refractivity contribution in [2.45, 2.75) is 26.4 Å². The van der Waals surface area contributed by atoms with Crippen molar-refractivity contribution in [1.29, 1.82) is 0 Å². The van der Waals surface area contributed by atoms with E-state index in [9.17, 15) is 22.8 Å². The number of aryl methyl sites for hydroxylation is 1. The second-order valence-corrected chi connectivity index (χ2v) is 15.7. The Balaban J connectivity index is 0.000000367. The summed E-state index contributed by atoms with van der Waals surface area (Å²) in [5, 5.41) is 0.599. The number of carbonyl (C=O) groups excluding carboxylic acids is 1. The maximum atomic E-state index is 14.7. The minimum Gasteiger partial charge on any atom is -0.481 e. The van der Waals surface area contributed by atoms with Gasteiger partial charge < -0.3 is 58.2 Å². The van der Waals surface area contributed by atoms with Crippen LogP contribution in [0.5, 0.6) is 5.88 Å². The molecular weight excluding hydrogens is 920 g/mol. The Labute approximate surface area is 406 Å². The number of benzene rings is 2. The first kappa shape index (κ1) is 55.7. The van der Waals surface area contributed by atoms with Crippen molar-refractivity contribution in [3.05, 3.63) is 77.0 Å². The van der Waals surface area contributed by atoms with Crippen molar-refractivity contribution < 1.29 is 60.6 Å². The van der Waals surface area contributed by atoms with Crippen LogP contribution in [-0.2, 0) is 55.9 Å². The molecule has 18 nitrogen and oxygen atoms in total. The lowest BCUT2D eigenvalue weighted by molar-refractivity contribution is -0.137. The first-order valence-electron chi connectivity index (χ1n) is 23.6. The summed E-state index contributed by atoms with van der Waals surface area (Å²) >= 11 is 0. The molecule has 1 aliphatic rings. The molecule has 1 aliphatic heterocycles. The van der Waals surface area contributed by atoms with Gasteiger partial charge in [-0.25, -0.2) is 9.78 Å². The van der Waals surface area contributed by atoms with E-state index in [2.05, 4.69) is 9.97 Å². The number of methoxy groups -OCH3 is 1. The summed E-state index contributed by atoms with van der Waals surface area (Å²) in [7, 11) is 3.10. The van der Waals surface area contributed by atoms with Crippen molar-refractivity contribution in [3.63, 3.8) is 0 Å². The van der Waals surface area contributed by atoms with Crippen molar-refractivity contribution in [2.75, 3.05) is 150 Å². The molecule has 1 fully saturated rings. The molecule has 4 heterocycles. The molecule has 3 aromatic heterocycles. The number of fused-ring (bicyclic) bond motifs is 3. The average molecular weight is 988 g/mol. The number of nitrogens with two attached hydrogens (primary N) is 1. The SMILES string of the molecule is CCOCCOCCC(=O)N1CCN(c2ccc(-n3c(=O)n(C)c4cnc5ccc(-c6ccc(OC)nc6)cc5c43)cc2C(F)(F)F)CC1.CCOCCOCCOCCOCCOCCOCCN. The van der Waals surface area contributed by atoms with E-state index in [-0.39, 0.29) is 56.5 Å². The number of carbonyl (C=O) groups is 1. The number of imidazole rings is 1. The zero-order valence-corrected chi connectivity index (χ0v) is 40.7. The lowest BCUT2D eigenvalue weighted by Gasteiger charge is -2.37. The highest BCUT2D eigenvalue weighted by Gasteiger charge is 2.37. The molecule has 386 valence electrons. The van der Waals surface area contributed by atoms with Gasteiger partial charge in [0.2, 0.25) is 11.8 Å². The average Bonchev–Trinajstić information content (AvgIpc) is 3.64. The summed E-state index contributed by atoms with van der Waals surface area (Å²) in [6.45, 7) is 14.2. The van der Waals surface area contributed by atoms with Crippen LogP contribution in [0.3, 0.4) is 0 Å². The van der Waals surface area contributed by atoms with Gasteiger partial charge >= 0.3 is 11.9 Å². The minimum atomic E-state index is -4.70. The second-order valence-electron chi connectivity index (χ2n) is 15.7. The van der Waals surface area contributed by atoms with Crippen LogP contribution in [0.25, 0.3) is 38.8 Å². The number of pyridine rings is 2. The number of alkyl halides is 3. The van der Waals surface area contributed by atoms with Gasteiger partial charge in [0.25, 0.3) is 0 Å². The third-order valence-corrected chi connectivity index (χ3v) is 11.0. The third-order valence-electron chi connectivity index (χ3n) is 11.0. The van der Waals surface area contributed by atoms with Crippen LogP contribution < -0.4 is 21.1 Å². The van der Waals surface area contributed by atoms with Crippen molar-refractivity contribution in [2.24, 2.45) is 12.8 Å². The molecule has 0 unspecified atom stereocenters. The minimum absolute atomic E-state index is 0.00305. The highest BCUT2D eigenvalue weighted by molar-refractivity contribution is 6.04. The molecule has 1 amide bonds. The maximum absolute atomic E-state index is 14.7. The zero-order chi connectivity index (χ0) is 50.1. The molecule has 1 saturated heterocycles. The standard InChI is InChI=1S/C35H37F3N6O5.C14H31NO6/c1-4-48-17-18-49-16-11-32(45)43-14-12-42(13-15-43)29-9-7-25(20-27(29)35(36,37)38)44-33-26-19-23(24-6-10-31(47-3)40-21-24)5-8-28(26)39-22-30(33)41(2)34(44)46;1-2-16-5-6-18-9-10-20-13-14-21-12-11-19-8-7-17-4-3-15/h5-10,19-22H,4,11-18H2,1-3H3;2-15H2,1H3. The molecule has 0 aliphatic carbocycles. The van der Waals surface area contributed by atoms with E-state index in [0.717, 1.165) is 23.8 Å². The van der Waals surface area contributed by atoms with Crippen LogP contribution in [0.1, 0.15) is 25.8 Å². The summed E-state index contributed by atoms with van der Waals surface area (Å²) in [6, 6.07) is 13.1. The van der Waals surface area contributed by atoms with Crippen molar-refractivity contribution in [3.8, 4) is 22.7 Å². The fourth-order valence-corrected chi connectivity index (χ4v) is 7.46. The molecule has 70 heavy (non-hydrogen) atoms. The van der Waals surface area contributed by atoms with Crippen LogP contribution in [0.2, 0.25) is 0 Å². The zero-order valence-electron chi connectivity index (χ0n) is 40.7. The smallest absolute Gasteiger partial charge is 0.418 e. The number of halogens is 3. The molecule has 0 bridgehead atoms. The molecular formula is C49H68F3N7O11. The van der Waals surface area contributed by atoms with E-state index in [1.165, 1.54) is 28.4 Å². The van der Waals surface area contributed by atoms with Gasteiger partial charge in [0.05, 0.1) is 140 Å². The maximum Gasteiger partial charge on any atom is 0.418 e. The van der Waals surface area contributed by atoms with Crippen LogP contribution in [0.15, 0.2) is 65.7 Å². The van der Waals surface area contributed by atoms with Crippen LogP contribution in [0, 0.1) is 0 Å². The Morgan fingerprint density at radius 2 is 1.23 bits per heavy atom. The molecule has 0 atom stereocenters. The molecule has 0 spiro atoms. The first-order valence-corrected chi connectivity index (χ1v) is 23.6. The molecule has 5 aromatic rings. The second kappa shape index (κ2) is 29.8. The first-order chi connectivity index (χ1) is 34.0. The van der Waals surface area contributed by atoms with Crippen LogP contribution in [0.4, 0.5) is 18.9 Å². The van der Waals surface area contributed by atoms with E-state index >= 15 is 0 Å². The lowest BCUT2D eigenvalue weighted by atomic mass is 10.0. The number of rotatable bonds is 29. The Kier molecular flexibility index (Phi) is 23.7. The normalized spacial score (nSPS) is 13.0. The summed E-state index contributed by atoms with van der Waals surface area (Å²) in [5.41, 5.74) is 7.07. The van der Waals surface area contributed by atoms with E-state index < -0.39 is 17.4 Å². The Morgan fingerprint density at radius 1 is 0.671 bits per heavy atom. The highest BCUT2D eigenvalue weighted by atomic mass is 19.4. The Hall–Kier alpha value is -5.23. The summed E-state index contributed by atoms with van der Waals surface area (Å²) in [4.78, 5) is 38.5. The summed E-state index contributed by atoms with van der Waals surface area (Å²) in [5.74, 6) is 0.352. The predicted octanol–water partition coefficient (Wildman–Crippen LogP) is 5.12. The van der Waals surface area contributed by atoms with E-state index in [0.29, 0.717) is 127 Å². The number of hydrogen-bond acceptors (Lipinski definition) is 15. The third kappa shape index (κ3) is 16.7. The fraction of sp³-hybridized carbons (Fsp3) is 0.551. The quantitative estimate of drug-likeness (QED) is 0.0622. The number of aromatic nitrogens is 4. The van der Waals surface area contributed by atoms with Gasteiger partial charge in [0, 0.05) is 81.9 Å². The lowest BCUT2D eigenvalue weighted by Crippen LogP contribution is -2.49. The molecule has 2 N–H and O–H groups in total. The fourth-order valence-electron chi connectivity index (χ4n) is 7.46. The van der Waals surface area contributed by atoms with Crippen molar-refractivity contribution in [1.82, 2.24) is 24.0 Å². The highest BCUT2D eigenvalue weighted by Crippen LogP contribution is 2.39. The largest absolute Gasteiger partial charge is 0.481 e. The van der Waals surface area contributed by atoms with Crippen molar-refractivity contribution >= 4 is 33.5 Å². The van der Waals surface area contributed by atoms with Gasteiger partial charge in [-0.3, -0.25) is 18.9 Å². The number of amides is 1. The van der Waals surface area contributed by atoms with Gasteiger partial charge in [0.1, 0.15) is 0 Å². The van der Waals surface area contributed by atoms with E-state index in [4.69, 9.17) is 48.4 Å². The Bertz CT molecular complexity index is 2360. The Morgan fingerprint density at radius 3 is 1.76 bits per heavy atom. The van der Waals surface area contributed by atoms with Gasteiger partial charge in [-0.1, -0.05) is 6.07 Å². The van der Waals surface area contributed by atoms with E-state index in [1.54, 1.807) is 41.4 Å². The van der Waals surface area contributed by atoms with Crippen LogP contribution in [-0.4, -0.2) is 175 Å². The monoisotopic (exact) mass is 987 g/mol. The molecule has 21 heteroatoms. The van der Waals surface area contributed by atoms with Gasteiger partial charge in [-0.2, -0.15) is 13.2 Å². The van der Waals surface area contributed by atoms with E-state index in [1.807, 2.05) is 32.0 Å². The number of nitrogens with zero attached hydrogens (tertiary/aromatic N) is 6. The molecule has 0 saturated carbocycles. The predicted molar refractivity (Wildman–Crippen MR) is 259 cm³/mol. The van der Waals surface area contributed by atoms with Gasteiger partial charge in [-0.05, 0) is 55.8 Å². The topological polar surface area (TPSA) is 185 Å². The summed E-state index contributed by atoms with van der Waals surface area (Å²) < 4.78 is 94.2. The number of ether oxygens (including phenoxy) is 9. The summed E-state index contributed by atoms with van der Waals surface area (Å²) in [6.07, 6.45) is -1.30. The van der Waals surface area contributed by atoms with Gasteiger partial charge in [0.15, 0.2) is 0 Å².